The standard InChI is InChI=1S/C23H23N3O5S/c27-21(24-11-14-7-8-17-18(10-14)31-13-30-17)15-4-3-9-26(12-15)23(29)20-22(28)25-16-5-1-2-6-19(16)32-20/h1-2,5-8,10,15,20H,3-4,9,11-13H2,(H,24,27)(H,25,28)/t15-,20-/m1/s1. The lowest BCUT2D eigenvalue weighted by Crippen LogP contribution is -2.50. The number of amides is 3. The van der Waals surface area contributed by atoms with E-state index in [-0.39, 0.29) is 30.4 Å². The minimum Gasteiger partial charge on any atom is -0.454 e. The SMILES string of the molecule is O=C(NCc1ccc2c(c1)OCO2)[C@@H]1CCCN(C(=O)[C@@H]2Sc3ccccc3NC2=O)C1. The molecule has 0 unspecified atom stereocenters. The van der Waals surface area contributed by atoms with E-state index in [0.717, 1.165) is 22.6 Å². The fraction of sp³-hybridized carbons (Fsp3) is 0.348. The Morgan fingerprint density at radius 3 is 2.91 bits per heavy atom. The van der Waals surface area contributed by atoms with Crippen molar-refractivity contribution >= 4 is 35.2 Å². The van der Waals surface area contributed by atoms with E-state index in [0.29, 0.717) is 37.6 Å². The van der Waals surface area contributed by atoms with E-state index in [9.17, 15) is 14.4 Å². The van der Waals surface area contributed by atoms with Gasteiger partial charge in [-0.25, -0.2) is 0 Å². The third-order valence-corrected chi connectivity index (χ3v) is 7.12. The molecule has 3 aliphatic heterocycles. The van der Waals surface area contributed by atoms with E-state index in [1.54, 1.807) is 4.90 Å². The van der Waals surface area contributed by atoms with Crippen LogP contribution in [0.4, 0.5) is 5.69 Å². The molecule has 1 fully saturated rings. The molecular weight excluding hydrogens is 430 g/mol. The molecule has 5 rings (SSSR count). The average Bonchev–Trinajstić information content (AvgIpc) is 3.29. The van der Waals surface area contributed by atoms with Crippen LogP contribution in [0.3, 0.4) is 0 Å². The van der Waals surface area contributed by atoms with Crippen LogP contribution in [0.2, 0.25) is 0 Å². The number of nitrogens with zero attached hydrogens (tertiary/aromatic N) is 1. The molecule has 0 saturated carbocycles. The van der Waals surface area contributed by atoms with E-state index in [2.05, 4.69) is 10.6 Å². The number of piperidine rings is 1. The zero-order chi connectivity index (χ0) is 22.1. The molecule has 8 nitrogen and oxygen atoms in total. The summed E-state index contributed by atoms with van der Waals surface area (Å²) in [6.45, 7) is 1.45. The molecule has 0 aliphatic carbocycles. The van der Waals surface area contributed by atoms with Gasteiger partial charge in [-0.05, 0) is 42.7 Å². The molecule has 32 heavy (non-hydrogen) atoms. The number of carbonyl (C=O) groups is 3. The summed E-state index contributed by atoms with van der Waals surface area (Å²) in [6, 6.07) is 13.0. The smallest absolute Gasteiger partial charge is 0.247 e. The summed E-state index contributed by atoms with van der Waals surface area (Å²) < 4.78 is 10.7. The number of ether oxygens (including phenoxy) is 2. The maximum absolute atomic E-state index is 13.1. The maximum atomic E-state index is 13.1. The molecule has 2 aromatic rings. The highest BCUT2D eigenvalue weighted by molar-refractivity contribution is 8.01. The van der Waals surface area contributed by atoms with Gasteiger partial charge in [-0.1, -0.05) is 18.2 Å². The number of fused-ring (bicyclic) bond motifs is 2. The number of nitrogens with one attached hydrogen (secondary N) is 2. The van der Waals surface area contributed by atoms with Gasteiger partial charge in [0, 0.05) is 24.5 Å². The lowest BCUT2D eigenvalue weighted by Gasteiger charge is -2.35. The van der Waals surface area contributed by atoms with Crippen molar-refractivity contribution in [3.63, 3.8) is 0 Å². The van der Waals surface area contributed by atoms with Gasteiger partial charge in [-0.3, -0.25) is 14.4 Å². The van der Waals surface area contributed by atoms with Crippen LogP contribution >= 0.6 is 11.8 Å². The normalized spacial score (nSPS) is 21.5. The third-order valence-electron chi connectivity index (χ3n) is 5.86. The van der Waals surface area contributed by atoms with Crippen LogP contribution in [0.15, 0.2) is 47.4 Å². The summed E-state index contributed by atoms with van der Waals surface area (Å²) in [5, 5.41) is 4.94. The van der Waals surface area contributed by atoms with Crippen molar-refractivity contribution in [2.24, 2.45) is 5.92 Å². The first-order valence-corrected chi connectivity index (χ1v) is 11.5. The number of rotatable bonds is 4. The Hall–Kier alpha value is -3.20. The van der Waals surface area contributed by atoms with Gasteiger partial charge in [-0.2, -0.15) is 0 Å². The third kappa shape index (κ3) is 4.12. The number of hydrogen-bond donors (Lipinski definition) is 2. The van der Waals surface area contributed by atoms with Gasteiger partial charge in [0.05, 0.1) is 11.6 Å². The predicted molar refractivity (Wildman–Crippen MR) is 118 cm³/mol. The summed E-state index contributed by atoms with van der Waals surface area (Å²) in [7, 11) is 0. The zero-order valence-corrected chi connectivity index (χ0v) is 18.2. The van der Waals surface area contributed by atoms with Crippen molar-refractivity contribution in [1.29, 1.82) is 0 Å². The van der Waals surface area contributed by atoms with Crippen LogP contribution in [0, 0.1) is 5.92 Å². The van der Waals surface area contributed by atoms with Crippen LogP contribution in [0.1, 0.15) is 18.4 Å². The van der Waals surface area contributed by atoms with Crippen molar-refractivity contribution in [3.8, 4) is 11.5 Å². The molecule has 1 saturated heterocycles. The summed E-state index contributed by atoms with van der Waals surface area (Å²) in [6.07, 6.45) is 1.44. The summed E-state index contributed by atoms with van der Waals surface area (Å²) in [5.74, 6) is 0.435. The van der Waals surface area contributed by atoms with E-state index in [4.69, 9.17) is 9.47 Å². The fourth-order valence-corrected chi connectivity index (χ4v) is 5.23. The molecule has 0 aromatic heterocycles. The Morgan fingerprint density at radius 1 is 1.16 bits per heavy atom. The highest BCUT2D eigenvalue weighted by Crippen LogP contribution is 2.36. The van der Waals surface area contributed by atoms with Crippen LogP contribution in [0.25, 0.3) is 0 Å². The van der Waals surface area contributed by atoms with Crippen LogP contribution < -0.4 is 20.1 Å². The van der Waals surface area contributed by atoms with Crippen molar-refractivity contribution in [2.45, 2.75) is 29.5 Å². The monoisotopic (exact) mass is 453 g/mol. The van der Waals surface area contributed by atoms with Gasteiger partial charge in [0.1, 0.15) is 0 Å². The second-order valence-electron chi connectivity index (χ2n) is 8.01. The highest BCUT2D eigenvalue weighted by Gasteiger charge is 2.38. The molecule has 166 valence electrons. The molecule has 3 amide bonds. The Balaban J connectivity index is 1.19. The topological polar surface area (TPSA) is 97.0 Å². The first kappa shape index (κ1) is 20.7. The van der Waals surface area contributed by atoms with Gasteiger partial charge < -0.3 is 25.0 Å². The van der Waals surface area contributed by atoms with Gasteiger partial charge in [-0.15, -0.1) is 11.8 Å². The van der Waals surface area contributed by atoms with Crippen molar-refractivity contribution in [3.05, 3.63) is 48.0 Å². The van der Waals surface area contributed by atoms with Crippen molar-refractivity contribution in [1.82, 2.24) is 10.2 Å². The highest BCUT2D eigenvalue weighted by atomic mass is 32.2. The maximum Gasteiger partial charge on any atom is 0.247 e. The van der Waals surface area contributed by atoms with Crippen LogP contribution in [-0.4, -0.2) is 47.8 Å². The molecule has 9 heteroatoms. The van der Waals surface area contributed by atoms with Gasteiger partial charge in [0.2, 0.25) is 24.5 Å². The molecule has 0 bridgehead atoms. The van der Waals surface area contributed by atoms with Crippen molar-refractivity contribution < 1.29 is 23.9 Å². The average molecular weight is 454 g/mol. The molecule has 3 aliphatic rings. The quantitative estimate of drug-likeness (QED) is 0.690. The Morgan fingerprint density at radius 2 is 2.00 bits per heavy atom. The van der Waals surface area contributed by atoms with E-state index in [1.807, 2.05) is 42.5 Å². The second-order valence-corrected chi connectivity index (χ2v) is 9.16. The minimum atomic E-state index is -0.833. The molecule has 2 N–H and O–H groups in total. The second kappa shape index (κ2) is 8.74. The number of para-hydroxylation sites is 1. The largest absolute Gasteiger partial charge is 0.454 e. The number of benzene rings is 2. The Kier molecular flexibility index (Phi) is 5.65. The first-order chi connectivity index (χ1) is 15.6. The fourth-order valence-electron chi connectivity index (χ4n) is 4.16. The minimum absolute atomic E-state index is 0.0914. The lowest BCUT2D eigenvalue weighted by molar-refractivity contribution is -0.137. The lowest BCUT2D eigenvalue weighted by atomic mass is 9.96. The van der Waals surface area contributed by atoms with Gasteiger partial charge in [0.15, 0.2) is 16.7 Å². The Bertz CT molecular complexity index is 1080. The van der Waals surface area contributed by atoms with Crippen LogP contribution in [-0.2, 0) is 20.9 Å². The summed E-state index contributed by atoms with van der Waals surface area (Å²) in [4.78, 5) is 41.0. The molecule has 0 spiro atoms. The Labute approximate surface area is 189 Å². The van der Waals surface area contributed by atoms with Crippen molar-refractivity contribution in [2.75, 3.05) is 25.2 Å². The van der Waals surface area contributed by atoms with E-state index >= 15 is 0 Å². The number of thioether (sulfide) groups is 1. The van der Waals surface area contributed by atoms with Gasteiger partial charge >= 0.3 is 0 Å². The molecule has 3 heterocycles. The number of carbonyl (C=O) groups excluding carboxylic acids is 3. The number of likely N-dealkylation sites (tertiary alicyclic amines) is 1. The zero-order valence-electron chi connectivity index (χ0n) is 17.3. The molecular formula is C23H23N3O5S. The molecule has 0 radical (unpaired) electrons. The van der Waals surface area contributed by atoms with E-state index in [1.165, 1.54) is 11.8 Å². The van der Waals surface area contributed by atoms with E-state index < -0.39 is 5.25 Å². The predicted octanol–water partition coefficient (Wildman–Crippen LogP) is 2.38. The first-order valence-electron chi connectivity index (χ1n) is 10.6. The summed E-state index contributed by atoms with van der Waals surface area (Å²) >= 11 is 1.27. The molecule has 2 aromatic carbocycles. The van der Waals surface area contributed by atoms with Gasteiger partial charge in [0.25, 0.3) is 0 Å². The van der Waals surface area contributed by atoms with Crippen LogP contribution in [0.5, 0.6) is 11.5 Å². The number of anilines is 1. The summed E-state index contributed by atoms with van der Waals surface area (Å²) in [5.41, 5.74) is 1.64. The number of hydrogen-bond acceptors (Lipinski definition) is 6. The molecule has 2 atom stereocenters.